The molecule has 0 atom stereocenters. The maximum absolute atomic E-state index is 12.1. The third-order valence-electron chi connectivity index (χ3n) is 6.46. The van der Waals surface area contributed by atoms with E-state index in [1.165, 1.54) is 31.2 Å². The fourth-order valence-corrected chi connectivity index (χ4v) is 4.95. The first-order valence-electron chi connectivity index (χ1n) is 9.56. The number of benzene rings is 1. The van der Waals surface area contributed by atoms with Crippen molar-refractivity contribution in [2.45, 2.75) is 38.1 Å². The summed E-state index contributed by atoms with van der Waals surface area (Å²) in [6, 6.07) is 8.56. The summed E-state index contributed by atoms with van der Waals surface area (Å²) in [6.45, 7) is 2.75. The predicted octanol–water partition coefficient (Wildman–Crippen LogP) is 2.79. The molecule has 0 bridgehead atoms. The molecule has 3 heterocycles. The topological polar surface area (TPSA) is 66.4 Å². The number of hydrogen-bond acceptors (Lipinski definition) is 3. The van der Waals surface area contributed by atoms with Crippen LogP contribution in [0.4, 0.5) is 10.5 Å². The van der Waals surface area contributed by atoms with Gasteiger partial charge in [-0.2, -0.15) is 0 Å². The third kappa shape index (κ3) is 2.51. The molecule has 3 amide bonds. The molecular formula is C20H24N4O2. The van der Waals surface area contributed by atoms with Crippen molar-refractivity contribution in [3.8, 4) is 0 Å². The number of amides is 3. The molecule has 2 saturated heterocycles. The molecule has 1 aromatic carbocycles. The second-order valence-corrected chi connectivity index (χ2v) is 8.03. The lowest BCUT2D eigenvalue weighted by atomic mass is 9.60. The number of nitrogens with zero attached hydrogens (tertiary/aromatic N) is 2. The number of carbonyl (C=O) groups excluding carboxylic acids is 2. The van der Waals surface area contributed by atoms with E-state index in [1.807, 2.05) is 6.07 Å². The van der Waals surface area contributed by atoms with E-state index < -0.39 is 0 Å². The Balaban J connectivity index is 1.37. The summed E-state index contributed by atoms with van der Waals surface area (Å²) < 4.78 is 2.41. The molecule has 3 aliphatic rings. The zero-order chi connectivity index (χ0) is 17.7. The van der Waals surface area contributed by atoms with Crippen molar-refractivity contribution in [3.05, 3.63) is 30.5 Å². The first-order chi connectivity index (χ1) is 12.6. The summed E-state index contributed by atoms with van der Waals surface area (Å²) in [5.74, 6) is -0.199. The number of imide groups is 1. The number of hydrogen-bond donors (Lipinski definition) is 2. The smallest absolute Gasteiger partial charge is 0.328 e. The van der Waals surface area contributed by atoms with Crippen LogP contribution in [-0.2, 0) is 4.79 Å². The van der Waals surface area contributed by atoms with Gasteiger partial charge in [0.15, 0.2) is 0 Å². The van der Waals surface area contributed by atoms with Gasteiger partial charge >= 0.3 is 6.03 Å². The average molecular weight is 352 g/mol. The van der Waals surface area contributed by atoms with Gasteiger partial charge in [0, 0.05) is 41.8 Å². The van der Waals surface area contributed by atoms with Crippen molar-refractivity contribution in [3.63, 3.8) is 0 Å². The molecule has 3 fully saturated rings. The Morgan fingerprint density at radius 2 is 1.88 bits per heavy atom. The van der Waals surface area contributed by atoms with Crippen molar-refractivity contribution in [1.29, 1.82) is 0 Å². The Kier molecular flexibility index (Phi) is 3.57. The predicted molar refractivity (Wildman–Crippen MR) is 100 cm³/mol. The van der Waals surface area contributed by atoms with Crippen LogP contribution >= 0.6 is 0 Å². The molecule has 136 valence electrons. The van der Waals surface area contributed by atoms with E-state index >= 15 is 0 Å². The van der Waals surface area contributed by atoms with Crippen molar-refractivity contribution < 1.29 is 9.59 Å². The van der Waals surface area contributed by atoms with E-state index in [9.17, 15) is 9.59 Å². The normalized spacial score (nSPS) is 23.3. The van der Waals surface area contributed by atoms with E-state index in [-0.39, 0.29) is 11.9 Å². The number of carbonyl (C=O) groups is 2. The van der Waals surface area contributed by atoms with Crippen LogP contribution in [0, 0.1) is 5.41 Å². The zero-order valence-corrected chi connectivity index (χ0v) is 14.8. The second-order valence-electron chi connectivity index (χ2n) is 8.03. The van der Waals surface area contributed by atoms with E-state index in [0.717, 1.165) is 24.2 Å². The lowest BCUT2D eigenvalue weighted by molar-refractivity contribution is -0.120. The third-order valence-corrected chi connectivity index (χ3v) is 6.46. The van der Waals surface area contributed by atoms with Crippen LogP contribution in [-0.4, -0.2) is 36.1 Å². The van der Waals surface area contributed by atoms with Crippen LogP contribution in [0.15, 0.2) is 30.5 Å². The summed E-state index contributed by atoms with van der Waals surface area (Å²) in [5, 5.41) is 7.01. The van der Waals surface area contributed by atoms with Gasteiger partial charge in [-0.15, -0.1) is 0 Å². The van der Waals surface area contributed by atoms with Crippen LogP contribution in [0.5, 0.6) is 0 Å². The summed E-state index contributed by atoms with van der Waals surface area (Å²) in [6.07, 6.45) is 7.69. The fourth-order valence-electron chi connectivity index (χ4n) is 4.95. The first kappa shape index (κ1) is 15.9. The number of piperidine rings is 1. The molecule has 0 unspecified atom stereocenters. The maximum atomic E-state index is 12.1. The van der Waals surface area contributed by atoms with Crippen LogP contribution < -0.4 is 15.5 Å². The Bertz CT molecular complexity index is 873. The minimum atomic E-state index is -0.327. The molecule has 26 heavy (non-hydrogen) atoms. The molecule has 2 N–H and O–H groups in total. The molecule has 1 spiro atoms. The number of anilines is 1. The monoisotopic (exact) mass is 352 g/mol. The Morgan fingerprint density at radius 3 is 2.65 bits per heavy atom. The SMILES string of the molecule is O=C1CCN(c2ccc3c(ccn3C3CC4(CCNCC4)C3)c2)C(=O)N1. The molecule has 6 heteroatoms. The highest BCUT2D eigenvalue weighted by Gasteiger charge is 2.45. The van der Waals surface area contributed by atoms with E-state index in [4.69, 9.17) is 0 Å². The van der Waals surface area contributed by atoms with Crippen molar-refractivity contribution in [2.75, 3.05) is 24.5 Å². The van der Waals surface area contributed by atoms with Crippen LogP contribution in [0.1, 0.15) is 38.1 Å². The summed E-state index contributed by atoms with van der Waals surface area (Å²) >= 11 is 0. The molecule has 1 saturated carbocycles. The Hall–Kier alpha value is -2.34. The number of urea groups is 1. The highest BCUT2D eigenvalue weighted by atomic mass is 16.2. The van der Waals surface area contributed by atoms with Crippen molar-refractivity contribution in [1.82, 2.24) is 15.2 Å². The molecular weight excluding hydrogens is 328 g/mol. The lowest BCUT2D eigenvalue weighted by Gasteiger charge is -2.51. The Labute approximate surface area is 152 Å². The van der Waals surface area contributed by atoms with Crippen LogP contribution in [0.2, 0.25) is 0 Å². The zero-order valence-electron chi connectivity index (χ0n) is 14.8. The lowest BCUT2D eigenvalue weighted by Crippen LogP contribution is -2.49. The van der Waals surface area contributed by atoms with Crippen molar-refractivity contribution in [2.24, 2.45) is 5.41 Å². The highest BCUT2D eigenvalue weighted by molar-refractivity contribution is 6.06. The van der Waals surface area contributed by atoms with Gasteiger partial charge in [0.2, 0.25) is 5.91 Å². The van der Waals surface area contributed by atoms with Gasteiger partial charge in [0.05, 0.1) is 0 Å². The minimum absolute atomic E-state index is 0.199. The molecule has 6 nitrogen and oxygen atoms in total. The molecule has 1 aliphatic carbocycles. The molecule has 2 aliphatic heterocycles. The largest absolute Gasteiger partial charge is 0.344 e. The van der Waals surface area contributed by atoms with Crippen LogP contribution in [0.25, 0.3) is 10.9 Å². The van der Waals surface area contributed by atoms with E-state index in [1.54, 1.807) is 4.90 Å². The quantitative estimate of drug-likeness (QED) is 0.873. The van der Waals surface area contributed by atoms with Gasteiger partial charge in [-0.05, 0) is 68.5 Å². The van der Waals surface area contributed by atoms with Gasteiger partial charge in [0.25, 0.3) is 0 Å². The first-order valence-corrected chi connectivity index (χ1v) is 9.56. The molecule has 0 radical (unpaired) electrons. The van der Waals surface area contributed by atoms with E-state index in [0.29, 0.717) is 24.4 Å². The van der Waals surface area contributed by atoms with Gasteiger partial charge < -0.3 is 9.88 Å². The highest BCUT2D eigenvalue weighted by Crippen LogP contribution is 2.54. The number of rotatable bonds is 2. The minimum Gasteiger partial charge on any atom is -0.344 e. The molecule has 5 rings (SSSR count). The summed E-state index contributed by atoms with van der Waals surface area (Å²) in [4.78, 5) is 25.1. The summed E-state index contributed by atoms with van der Waals surface area (Å²) in [5.41, 5.74) is 2.64. The Morgan fingerprint density at radius 1 is 1.08 bits per heavy atom. The maximum Gasteiger partial charge on any atom is 0.328 e. The van der Waals surface area contributed by atoms with E-state index in [2.05, 4.69) is 39.6 Å². The molecule has 2 aromatic rings. The van der Waals surface area contributed by atoms with Gasteiger partial charge in [0.1, 0.15) is 0 Å². The van der Waals surface area contributed by atoms with Crippen LogP contribution in [0.3, 0.4) is 0 Å². The number of fused-ring (bicyclic) bond motifs is 1. The standard InChI is InChI=1S/C20H24N4O2/c25-18-4-10-24(19(26)22-18)15-1-2-17-14(11-15)3-9-23(17)16-12-20(13-16)5-7-21-8-6-20/h1-3,9,11,16,21H,4-8,10,12-13H2,(H,22,25,26). The summed E-state index contributed by atoms with van der Waals surface area (Å²) in [7, 11) is 0. The number of aromatic nitrogens is 1. The van der Waals surface area contributed by atoms with Gasteiger partial charge in [-0.1, -0.05) is 0 Å². The number of nitrogens with one attached hydrogen (secondary N) is 2. The fraction of sp³-hybridized carbons (Fsp3) is 0.500. The second kappa shape index (κ2) is 5.84. The van der Waals surface area contributed by atoms with Gasteiger partial charge in [-0.3, -0.25) is 15.0 Å². The van der Waals surface area contributed by atoms with Crippen molar-refractivity contribution >= 4 is 28.5 Å². The van der Waals surface area contributed by atoms with Gasteiger partial charge in [-0.25, -0.2) is 4.79 Å². The molecule has 1 aromatic heterocycles. The average Bonchev–Trinajstić information content (AvgIpc) is 3.03.